The van der Waals surface area contributed by atoms with Crippen molar-refractivity contribution in [2.45, 2.75) is 12.8 Å². The predicted octanol–water partition coefficient (Wildman–Crippen LogP) is 27.2. The van der Waals surface area contributed by atoms with Gasteiger partial charge in [-0.1, -0.05) is 255 Å². The Hall–Kier alpha value is -14.4. The Labute approximate surface area is 664 Å². The first-order valence-corrected chi connectivity index (χ1v) is 40.2. The van der Waals surface area contributed by atoms with E-state index in [2.05, 4.69) is 300 Å². The summed E-state index contributed by atoms with van der Waals surface area (Å²) in [6.45, 7) is 0. The number of benzene rings is 16. The first kappa shape index (κ1) is 65.5. The molecule has 2 aliphatic carbocycles. The number of thiophene rings is 2. The van der Waals surface area contributed by atoms with Gasteiger partial charge in [0.25, 0.3) is 0 Å². The Balaban J connectivity index is 0.000000135. The maximum Gasteiger partial charge on any atom is 0.164 e. The van der Waals surface area contributed by atoms with Crippen molar-refractivity contribution in [2.24, 2.45) is 0 Å². The molecule has 0 saturated heterocycles. The van der Waals surface area contributed by atoms with Crippen LogP contribution in [-0.2, 0) is 12.8 Å². The number of fused-ring (bicyclic) bond motifs is 18. The fraction of sp³-hybridized carbons (Fsp3) is 0.0192. The summed E-state index contributed by atoms with van der Waals surface area (Å²) in [5.41, 5.74) is 28.1. The van der Waals surface area contributed by atoms with Crippen molar-refractivity contribution in [3.63, 3.8) is 0 Å². The first-order valence-electron chi connectivity index (χ1n) is 38.6. The number of aromatic nitrogens is 8. The number of nitrogens with zero attached hydrogens (tertiary/aromatic N) is 8. The molecule has 2 aliphatic rings. The van der Waals surface area contributed by atoms with Crippen LogP contribution in [0, 0.1) is 0 Å². The molecule has 6 heterocycles. The molecule has 0 saturated carbocycles. The maximum atomic E-state index is 5.04. The fourth-order valence-electron chi connectivity index (χ4n) is 17.4. The summed E-state index contributed by atoms with van der Waals surface area (Å²) in [6, 6.07) is 131. The molecule has 0 fully saturated rings. The van der Waals surface area contributed by atoms with Crippen molar-refractivity contribution in [3.8, 4) is 124 Å². The Kier molecular flexibility index (Phi) is 15.3. The zero-order chi connectivity index (χ0) is 74.9. The highest BCUT2D eigenvalue weighted by molar-refractivity contribution is 7.26. The van der Waals surface area contributed by atoms with Crippen molar-refractivity contribution in [1.29, 1.82) is 0 Å². The van der Waals surface area contributed by atoms with Gasteiger partial charge in [0.15, 0.2) is 34.9 Å². The Morgan fingerprint density at radius 3 is 0.833 bits per heavy atom. The fourth-order valence-corrected chi connectivity index (χ4v) is 19.6. The molecular formula is C104H64N8S2. The Morgan fingerprint density at radius 1 is 0.184 bits per heavy atom. The van der Waals surface area contributed by atoms with Gasteiger partial charge in [-0.2, -0.15) is 0 Å². The lowest BCUT2D eigenvalue weighted by Crippen LogP contribution is -2.00. The largest absolute Gasteiger partial charge is 0.309 e. The average molecular weight is 1490 g/mol. The van der Waals surface area contributed by atoms with E-state index in [1.54, 1.807) is 0 Å². The molecule has 0 bridgehead atoms. The van der Waals surface area contributed by atoms with Crippen LogP contribution in [-0.4, -0.2) is 39.0 Å². The Morgan fingerprint density at radius 2 is 0.456 bits per heavy atom. The van der Waals surface area contributed by atoms with Gasteiger partial charge in [0.05, 0.1) is 22.1 Å². The summed E-state index contributed by atoms with van der Waals surface area (Å²) < 4.78 is 10.2. The van der Waals surface area contributed by atoms with E-state index in [0.29, 0.717) is 34.9 Å². The molecule has 0 N–H and O–H groups in total. The molecule has 0 aliphatic heterocycles. The average Bonchev–Trinajstić information content (AvgIpc) is 1.58. The predicted molar refractivity (Wildman–Crippen MR) is 474 cm³/mol. The second-order valence-corrected chi connectivity index (χ2v) is 31.8. The van der Waals surface area contributed by atoms with Gasteiger partial charge in [0, 0.05) is 107 Å². The van der Waals surface area contributed by atoms with Gasteiger partial charge >= 0.3 is 0 Å². The molecule has 0 atom stereocenters. The highest BCUT2D eigenvalue weighted by Crippen LogP contribution is 2.47. The van der Waals surface area contributed by atoms with Crippen LogP contribution in [0.15, 0.2) is 364 Å². The maximum absolute atomic E-state index is 5.04. The van der Waals surface area contributed by atoms with Crippen molar-refractivity contribution in [3.05, 3.63) is 386 Å². The third-order valence-electron chi connectivity index (χ3n) is 22.9. The lowest BCUT2D eigenvalue weighted by Gasteiger charge is -2.12. The summed E-state index contributed by atoms with van der Waals surface area (Å²) in [6.07, 6.45) is 1.79. The molecule has 532 valence electrons. The summed E-state index contributed by atoms with van der Waals surface area (Å²) in [5, 5.41) is 10.3. The van der Waals surface area contributed by atoms with Gasteiger partial charge in [-0.3, -0.25) is 0 Å². The molecule has 8 nitrogen and oxygen atoms in total. The van der Waals surface area contributed by atoms with Crippen LogP contribution in [0.2, 0.25) is 0 Å². The second-order valence-electron chi connectivity index (χ2n) is 29.6. The highest BCUT2D eigenvalue weighted by Gasteiger charge is 2.26. The van der Waals surface area contributed by atoms with Crippen LogP contribution in [0.25, 0.3) is 208 Å². The van der Waals surface area contributed by atoms with Gasteiger partial charge in [0.1, 0.15) is 0 Å². The SMILES string of the molecule is c1ccc(-c2nc(-c3ccccc3)nc(-c3ccc4c(c3)-c3cc(-n5c6ccccc6c6cc(-c7ccc8sc9ccccc9c8c7)ccc65)ccc3C4)n2)cc1.c1ccc(-c2nc(-c3ccccc3)nc(-c3ccc4c(c3)-c3cc(-n5c6ccccc6c6cc(-c7ccc8sc9ccccc9c8c7)ccc65)ccc3C4)n2)cc1. The standard InChI is InChI=1S/2C52H32N4S/c2*1-3-11-32(12-4-1)50-53-51(33-13-5-2-6-14-33)55-52(54-50)38-20-19-36-27-37-21-24-39(31-43(37)42(36)30-38)56-46-17-9-7-15-40(46)44-28-34(22-25-47(44)56)35-23-26-49-45(29-35)41-16-8-10-18-48(41)57-49/h2*1-26,28-31H,27H2. The highest BCUT2D eigenvalue weighted by atomic mass is 32.1. The van der Waals surface area contributed by atoms with E-state index in [4.69, 9.17) is 29.9 Å². The third-order valence-corrected chi connectivity index (χ3v) is 25.2. The van der Waals surface area contributed by atoms with E-state index in [9.17, 15) is 0 Å². The van der Waals surface area contributed by atoms with Gasteiger partial charge in [0.2, 0.25) is 0 Å². The monoisotopic (exact) mass is 1490 g/mol. The molecule has 0 unspecified atom stereocenters. The molecule has 0 amide bonds. The number of hydrogen-bond acceptors (Lipinski definition) is 8. The molecule has 10 heteroatoms. The number of rotatable bonds is 10. The zero-order valence-corrected chi connectivity index (χ0v) is 63.1. The topological polar surface area (TPSA) is 87.2 Å². The van der Waals surface area contributed by atoms with E-state index in [0.717, 1.165) is 57.6 Å². The van der Waals surface area contributed by atoms with Crippen LogP contribution in [0.3, 0.4) is 0 Å². The lowest BCUT2D eigenvalue weighted by molar-refractivity contribution is 1.07. The van der Waals surface area contributed by atoms with Gasteiger partial charge in [-0.15, -0.1) is 22.7 Å². The van der Waals surface area contributed by atoms with Crippen molar-refractivity contribution < 1.29 is 0 Å². The minimum Gasteiger partial charge on any atom is -0.309 e. The summed E-state index contributed by atoms with van der Waals surface area (Å²) >= 11 is 3.72. The molecule has 0 spiro atoms. The smallest absolute Gasteiger partial charge is 0.164 e. The minimum atomic E-state index is 0.665. The van der Waals surface area contributed by atoms with E-state index < -0.39 is 0 Å². The second kappa shape index (κ2) is 26.7. The third kappa shape index (κ3) is 11.2. The van der Waals surface area contributed by atoms with Crippen LogP contribution in [0.1, 0.15) is 22.3 Å². The van der Waals surface area contributed by atoms with Crippen molar-refractivity contribution >= 4 is 107 Å². The molecular weight excluding hydrogens is 1430 g/mol. The quantitative estimate of drug-likeness (QED) is 0.136. The van der Waals surface area contributed by atoms with Crippen LogP contribution in [0.5, 0.6) is 0 Å². The molecule has 24 rings (SSSR count). The van der Waals surface area contributed by atoms with E-state index in [1.807, 2.05) is 95.5 Å². The summed E-state index contributed by atoms with van der Waals surface area (Å²) in [7, 11) is 0. The van der Waals surface area contributed by atoms with E-state index in [-0.39, 0.29) is 0 Å². The molecule has 6 aromatic heterocycles. The first-order chi connectivity index (χ1) is 56.4. The van der Waals surface area contributed by atoms with E-state index in [1.165, 1.54) is 151 Å². The van der Waals surface area contributed by atoms with Crippen molar-refractivity contribution in [2.75, 3.05) is 0 Å². The van der Waals surface area contributed by atoms with Crippen molar-refractivity contribution in [1.82, 2.24) is 39.0 Å². The Bertz CT molecular complexity index is 7100. The normalized spacial score (nSPS) is 12.1. The summed E-state index contributed by atoms with van der Waals surface area (Å²) in [4.78, 5) is 30.0. The zero-order valence-electron chi connectivity index (χ0n) is 61.4. The van der Waals surface area contributed by atoms with Gasteiger partial charge < -0.3 is 9.13 Å². The molecule has 22 aromatic rings. The minimum absolute atomic E-state index is 0.665. The van der Waals surface area contributed by atoms with Crippen LogP contribution < -0.4 is 0 Å². The summed E-state index contributed by atoms with van der Waals surface area (Å²) in [5.74, 6) is 3.99. The number of para-hydroxylation sites is 2. The molecule has 0 radical (unpaired) electrons. The van der Waals surface area contributed by atoms with E-state index >= 15 is 0 Å². The molecule has 16 aromatic carbocycles. The lowest BCUT2D eigenvalue weighted by atomic mass is 10.0. The van der Waals surface area contributed by atoms with Crippen LogP contribution >= 0.6 is 22.7 Å². The van der Waals surface area contributed by atoms with Crippen LogP contribution in [0.4, 0.5) is 0 Å². The molecule has 114 heavy (non-hydrogen) atoms. The van der Waals surface area contributed by atoms with Gasteiger partial charge in [-0.25, -0.2) is 29.9 Å². The van der Waals surface area contributed by atoms with Gasteiger partial charge in [-0.05, 0) is 189 Å². The number of hydrogen-bond donors (Lipinski definition) is 0.